The standard InChI is InChI=1S/C9H12OS.C8H11F3N2O8S2/c1-6-4-8(11)5-7(2)9(6)10-3;1-22(16,17)13-3-2-12(6(13)14)7(15)21-4-5(9)8(10,11)23(18,19)20/h4-5,11H,1-3H3;5H,2-4H2,1H3,(H,18,19,20). The Morgan fingerprint density at radius 2 is 1.71 bits per heavy atom. The lowest BCUT2D eigenvalue weighted by atomic mass is 10.1. The predicted molar refractivity (Wildman–Crippen MR) is 115 cm³/mol. The Morgan fingerprint density at radius 1 is 1.21 bits per heavy atom. The fourth-order valence-electron chi connectivity index (χ4n) is 2.74. The summed E-state index contributed by atoms with van der Waals surface area (Å²) in [5.41, 5.74) is 2.33. The highest BCUT2D eigenvalue weighted by Gasteiger charge is 2.48. The van der Waals surface area contributed by atoms with Crippen molar-refractivity contribution in [2.75, 3.05) is 33.1 Å². The molecule has 1 fully saturated rings. The molecule has 11 nitrogen and oxygen atoms in total. The lowest BCUT2D eigenvalue weighted by Crippen LogP contribution is -2.43. The minimum absolute atomic E-state index is 0.192. The molecule has 1 aromatic carbocycles. The van der Waals surface area contributed by atoms with E-state index in [0.717, 1.165) is 21.8 Å². The van der Waals surface area contributed by atoms with E-state index < -0.39 is 63.4 Å². The number of rotatable bonds is 6. The van der Waals surface area contributed by atoms with Gasteiger partial charge in [0.2, 0.25) is 16.2 Å². The van der Waals surface area contributed by atoms with E-state index in [4.69, 9.17) is 4.74 Å². The number of halogens is 3. The van der Waals surface area contributed by atoms with Crippen LogP contribution in [0.15, 0.2) is 17.0 Å². The number of alkyl halides is 3. The topological polar surface area (TPSA) is 150 Å². The van der Waals surface area contributed by atoms with Crippen molar-refractivity contribution in [1.29, 1.82) is 0 Å². The zero-order chi connectivity index (χ0) is 26.6. The van der Waals surface area contributed by atoms with Gasteiger partial charge in [0.05, 0.1) is 26.5 Å². The molecule has 0 spiro atoms. The number of imide groups is 1. The molecule has 1 saturated heterocycles. The minimum atomic E-state index is -6.33. The van der Waals surface area contributed by atoms with E-state index in [0.29, 0.717) is 6.26 Å². The minimum Gasteiger partial charge on any atom is -0.743 e. The van der Waals surface area contributed by atoms with E-state index >= 15 is 0 Å². The van der Waals surface area contributed by atoms with Crippen molar-refractivity contribution in [2.24, 2.45) is 0 Å². The molecule has 0 bridgehead atoms. The molecule has 1 aromatic rings. The highest BCUT2D eigenvalue weighted by atomic mass is 32.2. The van der Waals surface area contributed by atoms with Crippen LogP contribution in [0.4, 0.5) is 22.8 Å². The molecule has 17 heteroatoms. The van der Waals surface area contributed by atoms with Gasteiger partial charge in [0.25, 0.3) is 0 Å². The molecule has 0 N–H and O–H groups in total. The van der Waals surface area contributed by atoms with Crippen LogP contribution in [0.2, 0.25) is 0 Å². The van der Waals surface area contributed by atoms with Crippen LogP contribution >= 0.6 is 0 Å². The molecule has 0 radical (unpaired) electrons. The number of nitrogens with zero attached hydrogens (tertiary/aromatic N) is 2. The highest BCUT2D eigenvalue weighted by Crippen LogP contribution is 2.28. The normalized spacial score (nSPS) is 15.5. The van der Waals surface area contributed by atoms with Crippen molar-refractivity contribution in [1.82, 2.24) is 9.21 Å². The van der Waals surface area contributed by atoms with Crippen molar-refractivity contribution in [3.63, 3.8) is 0 Å². The Kier molecular flexibility index (Phi) is 9.64. The van der Waals surface area contributed by atoms with Gasteiger partial charge in [-0.05, 0) is 49.7 Å². The zero-order valence-electron chi connectivity index (χ0n) is 18.4. The molecule has 0 saturated carbocycles. The summed E-state index contributed by atoms with van der Waals surface area (Å²) in [5.74, 6) is 0.979. The fourth-order valence-corrected chi connectivity index (χ4v) is 4.35. The van der Waals surface area contributed by atoms with Gasteiger partial charge in [-0.1, -0.05) is 0 Å². The average molecular weight is 553 g/mol. The second-order valence-electron chi connectivity index (χ2n) is 6.97. The first kappa shape index (κ1) is 29.8. The SMILES string of the molecule is COc1c(C)cc([SH2+])cc1C.CS(=O)(=O)N1CCN(C(=O)OCC(F)C(F)(F)S(=O)(=O)[O-])C1=O. The van der Waals surface area contributed by atoms with E-state index in [1.54, 1.807) is 7.11 Å². The summed E-state index contributed by atoms with van der Waals surface area (Å²) in [6, 6.07) is 2.75. The van der Waals surface area contributed by atoms with Crippen molar-refractivity contribution >= 4 is 44.9 Å². The summed E-state index contributed by atoms with van der Waals surface area (Å²) in [4.78, 5) is 24.3. The van der Waals surface area contributed by atoms with Gasteiger partial charge in [-0.2, -0.15) is 8.78 Å². The molecule has 1 heterocycles. The molecule has 2 rings (SSSR count). The summed E-state index contributed by atoms with van der Waals surface area (Å²) in [6.07, 6.45) is -4.64. The number of carbonyl (C=O) groups is 2. The van der Waals surface area contributed by atoms with Crippen LogP contribution in [0, 0.1) is 13.8 Å². The number of aryl methyl sites for hydroxylation is 2. The third kappa shape index (κ3) is 7.13. The molecular weight excluding hydrogens is 529 g/mol. The Hall–Kier alpha value is -2.24. The molecule has 0 aliphatic carbocycles. The number of hydrogen-bond acceptors (Lipinski definition) is 9. The van der Waals surface area contributed by atoms with Gasteiger partial charge in [0.1, 0.15) is 12.4 Å². The Labute approximate surface area is 200 Å². The second kappa shape index (κ2) is 11.0. The maximum absolute atomic E-state index is 13.1. The molecule has 34 heavy (non-hydrogen) atoms. The molecule has 0 aromatic heterocycles. The van der Waals surface area contributed by atoms with Crippen molar-refractivity contribution in [3.8, 4) is 5.75 Å². The molecule has 1 aliphatic rings. The van der Waals surface area contributed by atoms with Gasteiger partial charge in [-0.25, -0.2) is 40.0 Å². The third-order valence-electron chi connectivity index (χ3n) is 4.31. The molecule has 1 aliphatic heterocycles. The Balaban J connectivity index is 0.000000437. The lowest BCUT2D eigenvalue weighted by molar-refractivity contribution is -0.0333. The van der Waals surface area contributed by atoms with Gasteiger partial charge in [-0.15, -0.1) is 0 Å². The third-order valence-corrected chi connectivity index (χ3v) is 6.66. The van der Waals surface area contributed by atoms with Crippen molar-refractivity contribution in [3.05, 3.63) is 23.3 Å². The van der Waals surface area contributed by atoms with Crippen LogP contribution in [-0.2, 0) is 37.5 Å². The van der Waals surface area contributed by atoms with Crippen LogP contribution in [-0.4, -0.2) is 87.2 Å². The van der Waals surface area contributed by atoms with Crippen LogP contribution in [0.5, 0.6) is 5.75 Å². The predicted octanol–water partition coefficient (Wildman–Crippen LogP) is 0.979. The first-order chi connectivity index (χ1) is 15.3. The first-order valence-electron chi connectivity index (χ1n) is 9.14. The molecule has 1 atom stereocenters. The van der Waals surface area contributed by atoms with Crippen molar-refractivity contribution in [2.45, 2.75) is 30.2 Å². The first-order valence-corrected chi connectivity index (χ1v) is 12.9. The quantitative estimate of drug-likeness (QED) is 0.372. The molecule has 194 valence electrons. The molecular formula is C17H23F3N2O9S3. The summed E-state index contributed by atoms with van der Waals surface area (Å²) < 4.78 is 101. The van der Waals surface area contributed by atoms with E-state index in [1.807, 2.05) is 26.0 Å². The lowest BCUT2D eigenvalue weighted by Gasteiger charge is -2.23. The maximum atomic E-state index is 13.1. The van der Waals surface area contributed by atoms with E-state index in [-0.39, 0.29) is 9.21 Å². The van der Waals surface area contributed by atoms with Crippen molar-refractivity contribution < 1.29 is 53.6 Å². The van der Waals surface area contributed by atoms with Crippen LogP contribution in [0.3, 0.4) is 0 Å². The Morgan fingerprint density at radius 3 is 2.09 bits per heavy atom. The summed E-state index contributed by atoms with van der Waals surface area (Å²) in [6.45, 7) is 1.36. The highest BCUT2D eigenvalue weighted by molar-refractivity contribution is 7.88. The van der Waals surface area contributed by atoms with E-state index in [2.05, 4.69) is 17.4 Å². The largest absolute Gasteiger partial charge is 0.743 e. The van der Waals surface area contributed by atoms with Gasteiger partial charge < -0.3 is 14.0 Å². The number of ether oxygens (including phenoxy) is 2. The zero-order valence-corrected chi connectivity index (χ0v) is 21.0. The number of amides is 3. The van der Waals surface area contributed by atoms with Crippen LogP contribution < -0.4 is 4.74 Å². The van der Waals surface area contributed by atoms with Gasteiger partial charge in [0.15, 0.2) is 15.0 Å². The van der Waals surface area contributed by atoms with E-state index in [9.17, 15) is 44.1 Å². The summed E-state index contributed by atoms with van der Waals surface area (Å²) in [7, 11) is -8.60. The number of benzene rings is 1. The number of urea groups is 1. The van der Waals surface area contributed by atoms with Gasteiger partial charge in [-0.3, -0.25) is 0 Å². The van der Waals surface area contributed by atoms with E-state index in [1.165, 1.54) is 0 Å². The molecule has 1 unspecified atom stereocenters. The second-order valence-corrected chi connectivity index (χ2v) is 10.9. The number of carbonyl (C=O) groups excluding carboxylic acids is 2. The average Bonchev–Trinajstić information content (AvgIpc) is 3.06. The van der Waals surface area contributed by atoms with Crippen LogP contribution in [0.25, 0.3) is 0 Å². The summed E-state index contributed by atoms with van der Waals surface area (Å²) >= 11 is 3.47. The monoisotopic (exact) mass is 552 g/mol. The number of hydrogen-bond donors (Lipinski definition) is 0. The number of methoxy groups -OCH3 is 1. The van der Waals surface area contributed by atoms with Gasteiger partial charge in [0, 0.05) is 0 Å². The smallest absolute Gasteiger partial charge is 0.418 e. The maximum Gasteiger partial charge on any atom is 0.418 e. The van der Waals surface area contributed by atoms with Gasteiger partial charge >= 0.3 is 17.4 Å². The molecule has 3 amide bonds. The fraction of sp³-hybridized carbons (Fsp3) is 0.529. The summed E-state index contributed by atoms with van der Waals surface area (Å²) in [5, 5.41) is -5.33. The van der Waals surface area contributed by atoms with Crippen LogP contribution in [0.1, 0.15) is 11.1 Å². The number of sulfonamides is 1. The Bertz CT molecular complexity index is 1120.